The molecule has 1 aliphatic heterocycles. The first-order valence-electron chi connectivity index (χ1n) is 5.25. The molecule has 15 heavy (non-hydrogen) atoms. The van der Waals surface area contributed by atoms with Gasteiger partial charge in [-0.3, -0.25) is 9.88 Å². The van der Waals surface area contributed by atoms with Gasteiger partial charge in [0.05, 0.1) is 11.8 Å². The van der Waals surface area contributed by atoms with Gasteiger partial charge in [-0.2, -0.15) is 0 Å². The van der Waals surface area contributed by atoms with E-state index < -0.39 is 0 Å². The normalized spacial score (nSPS) is 22.9. The molecule has 1 atom stereocenters. The fraction of sp³-hybridized carbons (Fsp3) is 0.545. The molecule has 1 aromatic rings. The summed E-state index contributed by atoms with van der Waals surface area (Å²) in [6, 6.07) is 3.92. The zero-order chi connectivity index (χ0) is 10.7. The van der Waals surface area contributed by atoms with Gasteiger partial charge in [0, 0.05) is 23.8 Å². The van der Waals surface area contributed by atoms with E-state index in [0.717, 1.165) is 42.6 Å². The number of aliphatic hydroxyl groups is 1. The van der Waals surface area contributed by atoms with Crippen molar-refractivity contribution in [1.29, 1.82) is 0 Å². The summed E-state index contributed by atoms with van der Waals surface area (Å²) >= 11 is 3.49. The maximum Gasteiger partial charge on any atom is 0.0685 e. The van der Waals surface area contributed by atoms with Crippen molar-refractivity contribution in [3.05, 3.63) is 28.5 Å². The van der Waals surface area contributed by atoms with Gasteiger partial charge >= 0.3 is 0 Å². The van der Waals surface area contributed by atoms with Gasteiger partial charge in [0.1, 0.15) is 0 Å². The monoisotopic (exact) mass is 270 g/mol. The minimum Gasteiger partial charge on any atom is -0.392 e. The Bertz CT molecular complexity index is 332. The molecule has 2 rings (SSSR count). The number of aromatic nitrogens is 1. The van der Waals surface area contributed by atoms with Crippen LogP contribution in [0.3, 0.4) is 0 Å². The molecule has 1 N–H and O–H groups in total. The molecule has 1 fully saturated rings. The van der Waals surface area contributed by atoms with E-state index in [1.165, 1.54) is 0 Å². The van der Waals surface area contributed by atoms with E-state index in [9.17, 15) is 5.11 Å². The van der Waals surface area contributed by atoms with Crippen LogP contribution in [0.2, 0.25) is 0 Å². The highest BCUT2D eigenvalue weighted by atomic mass is 79.9. The number of nitrogens with zero attached hydrogens (tertiary/aromatic N) is 2. The number of piperidine rings is 1. The average molecular weight is 271 g/mol. The zero-order valence-corrected chi connectivity index (χ0v) is 10.2. The Labute approximate surface area is 98.3 Å². The lowest BCUT2D eigenvalue weighted by Crippen LogP contribution is -2.37. The molecule has 1 saturated heterocycles. The van der Waals surface area contributed by atoms with E-state index in [1.54, 1.807) is 6.20 Å². The van der Waals surface area contributed by atoms with E-state index in [4.69, 9.17) is 0 Å². The van der Waals surface area contributed by atoms with Crippen molar-refractivity contribution >= 4 is 15.9 Å². The summed E-state index contributed by atoms with van der Waals surface area (Å²) in [6.45, 7) is 2.64. The van der Waals surface area contributed by atoms with Crippen LogP contribution in [0.25, 0.3) is 0 Å². The molecular formula is C11H15BrN2O. The fourth-order valence-corrected chi connectivity index (χ4v) is 2.30. The van der Waals surface area contributed by atoms with Crippen molar-refractivity contribution in [2.75, 3.05) is 13.1 Å². The maximum absolute atomic E-state index is 9.55. The standard InChI is InChI=1S/C11H15BrN2O/c12-10-4-1-5-13-11(10)8-14-6-2-3-9(15)7-14/h1,4-5,9,15H,2-3,6-8H2. The minimum atomic E-state index is -0.166. The molecule has 82 valence electrons. The minimum absolute atomic E-state index is 0.166. The summed E-state index contributed by atoms with van der Waals surface area (Å²) in [5.41, 5.74) is 1.05. The second-order valence-corrected chi connectivity index (χ2v) is 4.82. The van der Waals surface area contributed by atoms with Gasteiger partial charge in [-0.25, -0.2) is 0 Å². The van der Waals surface area contributed by atoms with Gasteiger partial charge in [0.25, 0.3) is 0 Å². The van der Waals surface area contributed by atoms with Crippen LogP contribution >= 0.6 is 15.9 Å². The topological polar surface area (TPSA) is 36.4 Å². The Morgan fingerprint density at radius 1 is 1.60 bits per heavy atom. The lowest BCUT2D eigenvalue weighted by atomic mass is 10.1. The highest BCUT2D eigenvalue weighted by Gasteiger charge is 2.18. The highest BCUT2D eigenvalue weighted by molar-refractivity contribution is 9.10. The molecule has 4 heteroatoms. The summed E-state index contributed by atoms with van der Waals surface area (Å²) < 4.78 is 1.05. The lowest BCUT2D eigenvalue weighted by Gasteiger charge is -2.29. The van der Waals surface area contributed by atoms with E-state index in [0.29, 0.717) is 0 Å². The fourth-order valence-electron chi connectivity index (χ4n) is 1.92. The third kappa shape index (κ3) is 3.00. The van der Waals surface area contributed by atoms with Crippen molar-refractivity contribution < 1.29 is 5.11 Å². The second kappa shape index (κ2) is 5.05. The summed E-state index contributed by atoms with van der Waals surface area (Å²) in [7, 11) is 0. The van der Waals surface area contributed by atoms with Crippen LogP contribution in [0.5, 0.6) is 0 Å². The van der Waals surface area contributed by atoms with Crippen LogP contribution in [-0.2, 0) is 6.54 Å². The van der Waals surface area contributed by atoms with Crippen molar-refractivity contribution in [2.24, 2.45) is 0 Å². The van der Waals surface area contributed by atoms with Crippen LogP contribution in [0, 0.1) is 0 Å². The molecule has 1 unspecified atom stereocenters. The summed E-state index contributed by atoms with van der Waals surface area (Å²) in [6.07, 6.45) is 3.65. The van der Waals surface area contributed by atoms with E-state index in [2.05, 4.69) is 25.8 Å². The van der Waals surface area contributed by atoms with E-state index in [1.807, 2.05) is 12.1 Å². The van der Waals surface area contributed by atoms with Crippen molar-refractivity contribution in [1.82, 2.24) is 9.88 Å². The maximum atomic E-state index is 9.55. The zero-order valence-electron chi connectivity index (χ0n) is 8.56. The SMILES string of the molecule is OC1CCCN(Cc2ncccc2Br)C1. The van der Waals surface area contributed by atoms with Crippen LogP contribution in [0.1, 0.15) is 18.5 Å². The molecule has 0 radical (unpaired) electrons. The van der Waals surface area contributed by atoms with Crippen molar-refractivity contribution in [3.8, 4) is 0 Å². The van der Waals surface area contributed by atoms with Crippen LogP contribution in [0.4, 0.5) is 0 Å². The largest absolute Gasteiger partial charge is 0.392 e. The molecule has 3 nitrogen and oxygen atoms in total. The number of rotatable bonds is 2. The van der Waals surface area contributed by atoms with Gasteiger partial charge in [-0.1, -0.05) is 0 Å². The predicted molar refractivity (Wildman–Crippen MR) is 62.5 cm³/mol. The van der Waals surface area contributed by atoms with Crippen molar-refractivity contribution in [2.45, 2.75) is 25.5 Å². The number of halogens is 1. The van der Waals surface area contributed by atoms with Gasteiger partial charge in [-0.05, 0) is 47.4 Å². The van der Waals surface area contributed by atoms with Gasteiger partial charge < -0.3 is 5.11 Å². The molecule has 0 aliphatic carbocycles. The summed E-state index contributed by atoms with van der Waals surface area (Å²) in [4.78, 5) is 6.58. The molecule has 2 heterocycles. The second-order valence-electron chi connectivity index (χ2n) is 3.96. The van der Waals surface area contributed by atoms with Crippen LogP contribution in [0.15, 0.2) is 22.8 Å². The number of β-amino-alcohol motifs (C(OH)–C–C–N with tert-alkyl or cyclic N) is 1. The molecular weight excluding hydrogens is 256 g/mol. The molecule has 1 aromatic heterocycles. The first kappa shape index (κ1) is 11.0. The van der Waals surface area contributed by atoms with Gasteiger partial charge in [-0.15, -0.1) is 0 Å². The Hall–Kier alpha value is -0.450. The molecule has 0 saturated carbocycles. The van der Waals surface area contributed by atoms with Crippen LogP contribution < -0.4 is 0 Å². The first-order valence-corrected chi connectivity index (χ1v) is 6.05. The summed E-state index contributed by atoms with van der Waals surface area (Å²) in [5, 5.41) is 9.55. The molecule has 0 spiro atoms. The number of hydrogen-bond donors (Lipinski definition) is 1. The highest BCUT2D eigenvalue weighted by Crippen LogP contribution is 2.18. The number of pyridine rings is 1. The Morgan fingerprint density at radius 3 is 3.20 bits per heavy atom. The Balaban J connectivity index is 1.99. The molecule has 0 bridgehead atoms. The third-order valence-corrected chi connectivity index (χ3v) is 3.41. The van der Waals surface area contributed by atoms with Crippen molar-refractivity contribution in [3.63, 3.8) is 0 Å². The number of hydrogen-bond acceptors (Lipinski definition) is 3. The Kier molecular flexibility index (Phi) is 3.72. The van der Waals surface area contributed by atoms with Gasteiger partial charge in [0.15, 0.2) is 0 Å². The average Bonchev–Trinajstić information content (AvgIpc) is 2.22. The van der Waals surface area contributed by atoms with E-state index >= 15 is 0 Å². The molecule has 1 aliphatic rings. The molecule has 0 aromatic carbocycles. The molecule has 0 amide bonds. The lowest BCUT2D eigenvalue weighted by molar-refractivity contribution is 0.0661. The number of likely N-dealkylation sites (tertiary alicyclic amines) is 1. The summed E-state index contributed by atoms with van der Waals surface area (Å²) in [5.74, 6) is 0. The van der Waals surface area contributed by atoms with Gasteiger partial charge in [0.2, 0.25) is 0 Å². The van der Waals surface area contributed by atoms with Crippen LogP contribution in [-0.4, -0.2) is 34.2 Å². The third-order valence-electron chi connectivity index (χ3n) is 2.69. The smallest absolute Gasteiger partial charge is 0.0685 e. The Morgan fingerprint density at radius 2 is 2.47 bits per heavy atom. The predicted octanol–water partition coefficient (Wildman–Crippen LogP) is 1.80. The first-order chi connectivity index (χ1) is 7.25. The number of aliphatic hydroxyl groups excluding tert-OH is 1. The quantitative estimate of drug-likeness (QED) is 0.891. The van der Waals surface area contributed by atoms with E-state index in [-0.39, 0.29) is 6.10 Å².